The van der Waals surface area contributed by atoms with Gasteiger partial charge in [-0.05, 0) is 68.4 Å². The monoisotopic (exact) mass is 404 g/mol. The van der Waals surface area contributed by atoms with E-state index in [9.17, 15) is 4.79 Å². The number of rotatable bonds is 6. The molecule has 0 aliphatic carbocycles. The van der Waals surface area contributed by atoms with Crippen molar-refractivity contribution >= 4 is 5.97 Å². The molecule has 2 aromatic heterocycles. The van der Waals surface area contributed by atoms with Crippen molar-refractivity contribution < 1.29 is 18.7 Å². The average molecular weight is 404 g/mol. The first kappa shape index (κ1) is 19.4. The predicted molar refractivity (Wildman–Crippen MR) is 108 cm³/mol. The molecule has 8 nitrogen and oxygen atoms in total. The summed E-state index contributed by atoms with van der Waals surface area (Å²) in [7, 11) is 1.60. The summed E-state index contributed by atoms with van der Waals surface area (Å²) < 4.78 is 18.1. The SMILES string of the molecule is COc1ccc(-c2nnc([C@@H](C)OC(=O)c3ccc(-n4nccc4C)cc3)o2)cc1. The molecule has 2 heterocycles. The van der Waals surface area contributed by atoms with Crippen LogP contribution in [0.5, 0.6) is 5.75 Å². The van der Waals surface area contributed by atoms with Gasteiger partial charge in [-0.3, -0.25) is 0 Å². The summed E-state index contributed by atoms with van der Waals surface area (Å²) in [5, 5.41) is 12.3. The fraction of sp³-hybridized carbons (Fsp3) is 0.182. The summed E-state index contributed by atoms with van der Waals surface area (Å²) in [5.41, 5.74) is 3.04. The van der Waals surface area contributed by atoms with Crippen LogP contribution in [0.15, 0.2) is 65.2 Å². The van der Waals surface area contributed by atoms with E-state index in [1.54, 1.807) is 49.2 Å². The smallest absolute Gasteiger partial charge is 0.338 e. The summed E-state index contributed by atoms with van der Waals surface area (Å²) >= 11 is 0. The predicted octanol–water partition coefficient (Wildman–Crippen LogP) is 4.16. The van der Waals surface area contributed by atoms with Gasteiger partial charge in [-0.25, -0.2) is 9.48 Å². The molecule has 0 unspecified atom stereocenters. The van der Waals surface area contributed by atoms with Crippen LogP contribution in [0, 0.1) is 6.92 Å². The van der Waals surface area contributed by atoms with Crippen LogP contribution in [0.3, 0.4) is 0 Å². The second-order valence-electron chi connectivity index (χ2n) is 6.65. The van der Waals surface area contributed by atoms with Gasteiger partial charge in [0.25, 0.3) is 5.89 Å². The van der Waals surface area contributed by atoms with Crippen molar-refractivity contribution in [3.8, 4) is 22.9 Å². The van der Waals surface area contributed by atoms with Gasteiger partial charge < -0.3 is 13.9 Å². The van der Waals surface area contributed by atoms with Gasteiger partial charge in [-0.2, -0.15) is 5.10 Å². The molecule has 0 aliphatic heterocycles. The van der Waals surface area contributed by atoms with Gasteiger partial charge in [0.05, 0.1) is 18.4 Å². The van der Waals surface area contributed by atoms with Gasteiger partial charge in [0, 0.05) is 17.5 Å². The van der Waals surface area contributed by atoms with E-state index in [0.717, 1.165) is 22.7 Å². The summed E-state index contributed by atoms with van der Waals surface area (Å²) in [6, 6.07) is 16.2. The number of aromatic nitrogens is 4. The number of methoxy groups -OCH3 is 1. The molecule has 0 spiro atoms. The third-order valence-electron chi connectivity index (χ3n) is 4.59. The molecule has 1 atom stereocenters. The average Bonchev–Trinajstić information content (AvgIpc) is 3.43. The highest BCUT2D eigenvalue weighted by Crippen LogP contribution is 2.25. The molecule has 0 aliphatic rings. The second-order valence-corrected chi connectivity index (χ2v) is 6.65. The highest BCUT2D eigenvalue weighted by atomic mass is 16.6. The van der Waals surface area contributed by atoms with Crippen molar-refractivity contribution in [2.45, 2.75) is 20.0 Å². The van der Waals surface area contributed by atoms with E-state index in [-0.39, 0.29) is 5.89 Å². The second kappa shape index (κ2) is 8.20. The Morgan fingerprint density at radius 2 is 1.77 bits per heavy atom. The molecule has 0 saturated carbocycles. The number of hydrogen-bond acceptors (Lipinski definition) is 7. The van der Waals surface area contributed by atoms with E-state index < -0.39 is 12.1 Å². The molecular formula is C22H20N4O4. The Morgan fingerprint density at radius 3 is 2.40 bits per heavy atom. The molecule has 0 saturated heterocycles. The van der Waals surface area contributed by atoms with Crippen molar-refractivity contribution in [3.63, 3.8) is 0 Å². The molecule has 0 bridgehead atoms. The Bertz CT molecular complexity index is 1150. The number of ether oxygens (including phenoxy) is 2. The highest BCUT2D eigenvalue weighted by molar-refractivity contribution is 5.89. The summed E-state index contributed by atoms with van der Waals surface area (Å²) in [6.07, 6.45) is 1.04. The van der Waals surface area contributed by atoms with Crippen molar-refractivity contribution in [3.05, 3.63) is 77.9 Å². The molecule has 0 radical (unpaired) electrons. The molecule has 0 fully saturated rings. The lowest BCUT2D eigenvalue weighted by atomic mass is 10.2. The van der Waals surface area contributed by atoms with Crippen LogP contribution in [0.25, 0.3) is 17.1 Å². The maximum absolute atomic E-state index is 12.5. The van der Waals surface area contributed by atoms with Crippen LogP contribution < -0.4 is 4.74 Å². The zero-order valence-corrected chi connectivity index (χ0v) is 16.8. The molecular weight excluding hydrogens is 384 g/mol. The lowest BCUT2D eigenvalue weighted by Crippen LogP contribution is -2.10. The zero-order valence-electron chi connectivity index (χ0n) is 16.8. The maximum atomic E-state index is 12.5. The normalized spacial score (nSPS) is 11.8. The van der Waals surface area contributed by atoms with Gasteiger partial charge in [0.2, 0.25) is 5.89 Å². The highest BCUT2D eigenvalue weighted by Gasteiger charge is 2.20. The molecule has 30 heavy (non-hydrogen) atoms. The first-order valence-electron chi connectivity index (χ1n) is 9.35. The van der Waals surface area contributed by atoms with Crippen LogP contribution in [-0.2, 0) is 4.74 Å². The summed E-state index contributed by atoms with van der Waals surface area (Å²) in [5.74, 6) is 0.817. The van der Waals surface area contributed by atoms with E-state index in [1.807, 2.05) is 37.3 Å². The Hall–Kier alpha value is -3.94. The lowest BCUT2D eigenvalue weighted by Gasteiger charge is -2.10. The summed E-state index contributed by atoms with van der Waals surface area (Å²) in [4.78, 5) is 12.5. The van der Waals surface area contributed by atoms with Crippen LogP contribution in [0.2, 0.25) is 0 Å². The summed E-state index contributed by atoms with van der Waals surface area (Å²) in [6.45, 7) is 3.64. The molecule has 4 aromatic rings. The number of carbonyl (C=O) groups is 1. The fourth-order valence-corrected chi connectivity index (χ4v) is 2.91. The van der Waals surface area contributed by atoms with Gasteiger partial charge in [-0.15, -0.1) is 10.2 Å². The van der Waals surface area contributed by atoms with E-state index in [1.165, 1.54) is 0 Å². The van der Waals surface area contributed by atoms with E-state index in [2.05, 4.69) is 15.3 Å². The minimum absolute atomic E-state index is 0.220. The van der Waals surface area contributed by atoms with Crippen molar-refractivity contribution in [2.24, 2.45) is 0 Å². The van der Waals surface area contributed by atoms with Crippen molar-refractivity contribution in [1.29, 1.82) is 0 Å². The van der Waals surface area contributed by atoms with Crippen molar-refractivity contribution in [1.82, 2.24) is 20.0 Å². The number of benzene rings is 2. The minimum Gasteiger partial charge on any atom is -0.497 e. The molecule has 0 amide bonds. The standard InChI is InChI=1S/C22H20N4O4/c1-14-12-13-23-26(14)18-8-4-17(5-9-18)22(27)29-15(2)20-24-25-21(30-20)16-6-10-19(28-3)11-7-16/h4-13,15H,1-3H3/t15-/m1/s1. The van der Waals surface area contributed by atoms with E-state index >= 15 is 0 Å². The fourth-order valence-electron chi connectivity index (χ4n) is 2.91. The molecule has 8 heteroatoms. The minimum atomic E-state index is -0.690. The lowest BCUT2D eigenvalue weighted by molar-refractivity contribution is 0.0280. The number of esters is 1. The van der Waals surface area contributed by atoms with E-state index in [4.69, 9.17) is 13.9 Å². The Labute approximate surface area is 173 Å². The van der Waals surface area contributed by atoms with Crippen LogP contribution in [-0.4, -0.2) is 33.1 Å². The Balaban J connectivity index is 1.43. The topological polar surface area (TPSA) is 92.3 Å². The van der Waals surface area contributed by atoms with Gasteiger partial charge >= 0.3 is 5.97 Å². The number of hydrogen-bond donors (Lipinski definition) is 0. The van der Waals surface area contributed by atoms with Crippen LogP contribution in [0.1, 0.15) is 35.0 Å². The zero-order chi connectivity index (χ0) is 21.1. The van der Waals surface area contributed by atoms with Gasteiger partial charge in [0.15, 0.2) is 6.10 Å². The third-order valence-corrected chi connectivity index (χ3v) is 4.59. The largest absolute Gasteiger partial charge is 0.497 e. The molecule has 152 valence electrons. The van der Waals surface area contributed by atoms with E-state index in [0.29, 0.717) is 11.5 Å². The number of carbonyl (C=O) groups excluding carboxylic acids is 1. The van der Waals surface area contributed by atoms with Crippen LogP contribution in [0.4, 0.5) is 0 Å². The first-order valence-corrected chi connectivity index (χ1v) is 9.35. The van der Waals surface area contributed by atoms with Gasteiger partial charge in [-0.1, -0.05) is 0 Å². The van der Waals surface area contributed by atoms with Crippen LogP contribution >= 0.6 is 0 Å². The molecule has 0 N–H and O–H groups in total. The molecule has 2 aromatic carbocycles. The Morgan fingerprint density at radius 1 is 1.03 bits per heavy atom. The maximum Gasteiger partial charge on any atom is 0.338 e. The number of nitrogens with zero attached hydrogens (tertiary/aromatic N) is 4. The quantitative estimate of drug-likeness (QED) is 0.446. The third kappa shape index (κ3) is 3.93. The number of aryl methyl sites for hydroxylation is 1. The first-order chi connectivity index (χ1) is 14.5. The van der Waals surface area contributed by atoms with Crippen molar-refractivity contribution in [2.75, 3.05) is 7.11 Å². The van der Waals surface area contributed by atoms with Gasteiger partial charge in [0.1, 0.15) is 5.75 Å². The molecule has 4 rings (SSSR count). The Kier molecular flexibility index (Phi) is 5.30.